The van der Waals surface area contributed by atoms with Crippen molar-refractivity contribution in [3.8, 4) is 0 Å². The predicted molar refractivity (Wildman–Crippen MR) is 59.5 cm³/mol. The van der Waals surface area contributed by atoms with E-state index in [0.717, 1.165) is 18.0 Å². The quantitative estimate of drug-likeness (QED) is 0.548. The Morgan fingerprint density at radius 2 is 2.31 bits per heavy atom. The minimum atomic E-state index is 0.769. The van der Waals surface area contributed by atoms with Gasteiger partial charge in [0.2, 0.25) is 0 Å². The molecule has 0 radical (unpaired) electrons. The van der Waals surface area contributed by atoms with Crippen molar-refractivity contribution in [1.82, 2.24) is 4.90 Å². The van der Waals surface area contributed by atoms with Crippen LogP contribution in [0.2, 0.25) is 0 Å². The Hall–Kier alpha value is 0.400. The van der Waals surface area contributed by atoms with Crippen LogP contribution in [-0.4, -0.2) is 43.1 Å². The van der Waals surface area contributed by atoms with Gasteiger partial charge in [-0.2, -0.15) is 0 Å². The molecule has 1 atom stereocenters. The number of hydrogen-bond donors (Lipinski definition) is 0. The van der Waals surface area contributed by atoms with E-state index in [1.54, 1.807) is 7.11 Å². The number of rotatable bonds is 5. The van der Waals surface area contributed by atoms with E-state index in [9.17, 15) is 0 Å². The fourth-order valence-corrected chi connectivity index (χ4v) is 2.67. The second-order valence-corrected chi connectivity index (χ2v) is 4.33. The van der Waals surface area contributed by atoms with Crippen LogP contribution < -0.4 is 0 Å². The second kappa shape index (κ2) is 6.80. The highest BCUT2D eigenvalue weighted by atomic mass is 79.9. The summed E-state index contributed by atoms with van der Waals surface area (Å²) in [5, 5.41) is 1.12. The Bertz CT molecular complexity index is 132. The van der Waals surface area contributed by atoms with Crippen molar-refractivity contribution in [2.24, 2.45) is 0 Å². The molecule has 0 aliphatic carbocycles. The zero-order chi connectivity index (χ0) is 9.52. The minimum Gasteiger partial charge on any atom is -0.385 e. The average Bonchev–Trinajstić information content (AvgIpc) is 2.19. The lowest BCUT2D eigenvalue weighted by atomic mass is 10.0. The number of methoxy groups -OCH3 is 1. The van der Waals surface area contributed by atoms with Gasteiger partial charge in [0, 0.05) is 31.6 Å². The Morgan fingerprint density at radius 1 is 1.46 bits per heavy atom. The molecule has 0 spiro atoms. The van der Waals surface area contributed by atoms with E-state index in [4.69, 9.17) is 4.74 Å². The van der Waals surface area contributed by atoms with E-state index < -0.39 is 0 Å². The highest BCUT2D eigenvalue weighted by Crippen LogP contribution is 2.18. The smallest absolute Gasteiger partial charge is 0.0474 e. The predicted octanol–water partition coefficient (Wildman–Crippen LogP) is 2.27. The molecule has 1 rings (SSSR count). The number of piperidine rings is 1. The van der Waals surface area contributed by atoms with Gasteiger partial charge in [-0.15, -0.1) is 0 Å². The first-order chi connectivity index (χ1) is 6.38. The van der Waals surface area contributed by atoms with E-state index in [1.807, 2.05) is 0 Å². The standard InChI is InChI=1S/C10H20BrNO/c1-13-8-4-7-12-6-3-2-5-10(12)9-11/h10H,2-9H2,1H3. The molecule has 13 heavy (non-hydrogen) atoms. The number of halogens is 1. The number of alkyl halides is 1. The maximum Gasteiger partial charge on any atom is 0.0474 e. The molecule has 1 aliphatic rings. The molecule has 0 amide bonds. The van der Waals surface area contributed by atoms with Gasteiger partial charge >= 0.3 is 0 Å². The maximum atomic E-state index is 5.06. The topological polar surface area (TPSA) is 12.5 Å². The van der Waals surface area contributed by atoms with Crippen LogP contribution in [0.1, 0.15) is 25.7 Å². The Balaban J connectivity index is 2.19. The van der Waals surface area contributed by atoms with Crippen molar-refractivity contribution in [2.75, 3.05) is 32.1 Å². The summed E-state index contributed by atoms with van der Waals surface area (Å²) in [6, 6.07) is 0.769. The van der Waals surface area contributed by atoms with Gasteiger partial charge in [0.1, 0.15) is 0 Å². The third kappa shape index (κ3) is 3.96. The SMILES string of the molecule is COCCCN1CCCCC1CBr. The van der Waals surface area contributed by atoms with Crippen molar-refractivity contribution in [1.29, 1.82) is 0 Å². The third-order valence-corrected chi connectivity index (χ3v) is 3.47. The summed E-state index contributed by atoms with van der Waals surface area (Å²) >= 11 is 3.59. The van der Waals surface area contributed by atoms with Crippen LogP contribution in [0.25, 0.3) is 0 Å². The van der Waals surface area contributed by atoms with Gasteiger partial charge in [-0.1, -0.05) is 22.4 Å². The van der Waals surface area contributed by atoms with Gasteiger partial charge in [0.05, 0.1) is 0 Å². The average molecular weight is 250 g/mol. The normalized spacial score (nSPS) is 24.9. The fraction of sp³-hybridized carbons (Fsp3) is 1.00. The first-order valence-corrected chi connectivity index (χ1v) is 6.29. The van der Waals surface area contributed by atoms with Gasteiger partial charge in [-0.25, -0.2) is 0 Å². The van der Waals surface area contributed by atoms with Crippen molar-refractivity contribution in [3.63, 3.8) is 0 Å². The Kier molecular flexibility index (Phi) is 6.00. The zero-order valence-electron chi connectivity index (χ0n) is 8.47. The van der Waals surface area contributed by atoms with Crippen LogP contribution in [0.4, 0.5) is 0 Å². The lowest BCUT2D eigenvalue weighted by Gasteiger charge is -2.34. The molecule has 0 aromatic heterocycles. The molecule has 0 aromatic rings. The molecule has 2 nitrogen and oxygen atoms in total. The summed E-state index contributed by atoms with van der Waals surface area (Å²) in [5.41, 5.74) is 0. The molecule has 3 heteroatoms. The van der Waals surface area contributed by atoms with E-state index in [0.29, 0.717) is 0 Å². The van der Waals surface area contributed by atoms with Crippen molar-refractivity contribution < 1.29 is 4.74 Å². The Morgan fingerprint density at radius 3 is 3.00 bits per heavy atom. The highest BCUT2D eigenvalue weighted by Gasteiger charge is 2.20. The minimum absolute atomic E-state index is 0.769. The number of ether oxygens (including phenoxy) is 1. The van der Waals surface area contributed by atoms with E-state index in [1.165, 1.54) is 38.8 Å². The van der Waals surface area contributed by atoms with Crippen molar-refractivity contribution in [2.45, 2.75) is 31.7 Å². The molecule has 0 bridgehead atoms. The number of likely N-dealkylation sites (tertiary alicyclic amines) is 1. The molecule has 0 saturated carbocycles. The monoisotopic (exact) mass is 249 g/mol. The molecule has 1 aliphatic heterocycles. The van der Waals surface area contributed by atoms with Crippen molar-refractivity contribution >= 4 is 15.9 Å². The largest absolute Gasteiger partial charge is 0.385 e. The molecule has 78 valence electrons. The summed E-state index contributed by atoms with van der Waals surface area (Å²) < 4.78 is 5.06. The zero-order valence-corrected chi connectivity index (χ0v) is 10.1. The summed E-state index contributed by atoms with van der Waals surface area (Å²) in [7, 11) is 1.78. The van der Waals surface area contributed by atoms with Gasteiger partial charge in [0.15, 0.2) is 0 Å². The van der Waals surface area contributed by atoms with Crippen LogP contribution in [-0.2, 0) is 4.74 Å². The summed E-state index contributed by atoms with van der Waals surface area (Å²) in [6.45, 7) is 3.37. The van der Waals surface area contributed by atoms with Crippen LogP contribution in [0.15, 0.2) is 0 Å². The first-order valence-electron chi connectivity index (χ1n) is 5.17. The molecule has 1 heterocycles. The summed E-state index contributed by atoms with van der Waals surface area (Å²) in [4.78, 5) is 2.59. The van der Waals surface area contributed by atoms with Crippen LogP contribution in [0.5, 0.6) is 0 Å². The molecule has 0 aromatic carbocycles. The fourth-order valence-electron chi connectivity index (χ4n) is 1.94. The summed E-state index contributed by atoms with van der Waals surface area (Å²) in [5.74, 6) is 0. The lowest BCUT2D eigenvalue weighted by Crippen LogP contribution is -2.41. The second-order valence-electron chi connectivity index (χ2n) is 3.69. The van der Waals surface area contributed by atoms with Gasteiger partial charge in [-0.3, -0.25) is 4.90 Å². The third-order valence-electron chi connectivity index (χ3n) is 2.72. The van der Waals surface area contributed by atoms with Gasteiger partial charge in [-0.05, 0) is 25.8 Å². The molecule has 1 fully saturated rings. The molecule has 1 saturated heterocycles. The van der Waals surface area contributed by atoms with Gasteiger partial charge in [0.25, 0.3) is 0 Å². The van der Waals surface area contributed by atoms with Crippen molar-refractivity contribution in [3.05, 3.63) is 0 Å². The van der Waals surface area contributed by atoms with E-state index in [2.05, 4.69) is 20.8 Å². The molecule has 1 unspecified atom stereocenters. The van der Waals surface area contributed by atoms with Gasteiger partial charge < -0.3 is 4.74 Å². The first kappa shape index (κ1) is 11.5. The maximum absolute atomic E-state index is 5.06. The highest BCUT2D eigenvalue weighted by molar-refractivity contribution is 9.09. The number of hydrogen-bond acceptors (Lipinski definition) is 2. The van der Waals surface area contributed by atoms with Crippen LogP contribution in [0.3, 0.4) is 0 Å². The van der Waals surface area contributed by atoms with Crippen LogP contribution >= 0.6 is 15.9 Å². The van der Waals surface area contributed by atoms with E-state index >= 15 is 0 Å². The lowest BCUT2D eigenvalue weighted by molar-refractivity contribution is 0.133. The van der Waals surface area contributed by atoms with E-state index in [-0.39, 0.29) is 0 Å². The molecule has 0 N–H and O–H groups in total. The number of nitrogens with zero attached hydrogens (tertiary/aromatic N) is 1. The summed E-state index contributed by atoms with van der Waals surface area (Å²) in [6.07, 6.45) is 5.30. The molecular weight excluding hydrogens is 230 g/mol. The van der Waals surface area contributed by atoms with Crippen LogP contribution in [0, 0.1) is 0 Å². The Labute approximate surface area is 89.8 Å². The molecular formula is C10H20BrNO.